The molecule has 38 heavy (non-hydrogen) atoms. The van der Waals surface area contributed by atoms with Crippen LogP contribution in [0, 0.1) is 11.3 Å². The fourth-order valence-corrected chi connectivity index (χ4v) is 5.18. The SMILES string of the molecule is C=CC(=O)N1CCN(c2ncnc3cc(-c4cnc(N)cc4C(F)(F)F)c4c(c23)OCCC4)CC1CC#N. The van der Waals surface area contributed by atoms with E-state index in [0.717, 1.165) is 12.3 Å². The fourth-order valence-electron chi connectivity index (χ4n) is 5.18. The number of fused-ring (bicyclic) bond motifs is 3. The number of halogens is 3. The van der Waals surface area contributed by atoms with Crippen LogP contribution in [0.4, 0.5) is 24.8 Å². The number of hydrogen-bond acceptors (Lipinski definition) is 8. The Balaban J connectivity index is 1.66. The summed E-state index contributed by atoms with van der Waals surface area (Å²) in [6, 6.07) is 4.20. The Kier molecular flexibility index (Phi) is 6.52. The summed E-state index contributed by atoms with van der Waals surface area (Å²) in [5, 5.41) is 9.93. The van der Waals surface area contributed by atoms with Crippen LogP contribution in [-0.4, -0.2) is 58.0 Å². The first-order valence-corrected chi connectivity index (χ1v) is 12.0. The molecule has 1 aromatic carbocycles. The van der Waals surface area contributed by atoms with Crippen LogP contribution in [0.25, 0.3) is 22.0 Å². The molecule has 1 amide bonds. The third-order valence-corrected chi connectivity index (χ3v) is 6.87. The lowest BCUT2D eigenvalue weighted by molar-refractivity contribution is -0.137. The molecule has 1 unspecified atom stereocenters. The number of nitriles is 1. The molecular weight excluding hydrogens is 499 g/mol. The largest absolute Gasteiger partial charge is 0.492 e. The summed E-state index contributed by atoms with van der Waals surface area (Å²) in [6.07, 6.45) is 0.330. The number of carbonyl (C=O) groups is 1. The molecule has 0 aliphatic carbocycles. The molecule has 3 aromatic rings. The van der Waals surface area contributed by atoms with Gasteiger partial charge in [-0.05, 0) is 36.6 Å². The topological polar surface area (TPSA) is 121 Å². The second kappa shape index (κ2) is 9.81. The smallest absolute Gasteiger partial charge is 0.417 e. The molecule has 1 saturated heterocycles. The van der Waals surface area contributed by atoms with E-state index in [9.17, 15) is 23.2 Å². The molecule has 2 aliphatic heterocycles. The molecule has 1 fully saturated rings. The van der Waals surface area contributed by atoms with Gasteiger partial charge >= 0.3 is 6.18 Å². The van der Waals surface area contributed by atoms with Crippen molar-refractivity contribution in [2.45, 2.75) is 31.5 Å². The Hall–Kier alpha value is -4.40. The van der Waals surface area contributed by atoms with Gasteiger partial charge in [-0.1, -0.05) is 6.58 Å². The maximum absolute atomic E-state index is 14.0. The number of piperazine rings is 1. The van der Waals surface area contributed by atoms with Gasteiger partial charge < -0.3 is 20.3 Å². The highest BCUT2D eigenvalue weighted by Crippen LogP contribution is 2.46. The van der Waals surface area contributed by atoms with Crippen molar-refractivity contribution in [1.29, 1.82) is 5.26 Å². The van der Waals surface area contributed by atoms with Crippen LogP contribution < -0.4 is 15.4 Å². The molecule has 0 saturated carbocycles. The van der Waals surface area contributed by atoms with Crippen molar-refractivity contribution in [2.24, 2.45) is 0 Å². The van der Waals surface area contributed by atoms with E-state index in [2.05, 4.69) is 27.6 Å². The first-order chi connectivity index (χ1) is 18.2. The van der Waals surface area contributed by atoms with Gasteiger partial charge in [0.25, 0.3) is 0 Å². The average Bonchev–Trinajstić information content (AvgIpc) is 2.91. The van der Waals surface area contributed by atoms with E-state index < -0.39 is 11.7 Å². The number of nitrogens with zero attached hydrogens (tertiary/aromatic N) is 6. The summed E-state index contributed by atoms with van der Waals surface area (Å²) in [5.74, 6) is 0.503. The maximum atomic E-state index is 14.0. The van der Waals surface area contributed by atoms with E-state index >= 15 is 0 Å². The highest BCUT2D eigenvalue weighted by molar-refractivity contribution is 6.00. The highest BCUT2D eigenvalue weighted by Gasteiger charge is 2.36. The second-order valence-electron chi connectivity index (χ2n) is 9.13. The van der Waals surface area contributed by atoms with E-state index in [4.69, 9.17) is 10.5 Å². The van der Waals surface area contributed by atoms with E-state index in [1.165, 1.54) is 12.4 Å². The summed E-state index contributed by atoms with van der Waals surface area (Å²) in [5.41, 5.74) is 5.98. The van der Waals surface area contributed by atoms with E-state index in [0.29, 0.717) is 72.7 Å². The van der Waals surface area contributed by atoms with Crippen molar-refractivity contribution in [3.05, 3.63) is 48.4 Å². The van der Waals surface area contributed by atoms with Crippen molar-refractivity contribution < 1.29 is 22.7 Å². The van der Waals surface area contributed by atoms with Gasteiger partial charge in [0.05, 0.1) is 41.6 Å². The van der Waals surface area contributed by atoms with E-state index in [1.54, 1.807) is 11.0 Å². The van der Waals surface area contributed by atoms with Crippen LogP contribution in [0.2, 0.25) is 0 Å². The lowest BCUT2D eigenvalue weighted by Gasteiger charge is -2.41. The minimum absolute atomic E-state index is 0.0962. The first kappa shape index (κ1) is 25.3. The van der Waals surface area contributed by atoms with Crippen LogP contribution in [-0.2, 0) is 17.4 Å². The summed E-state index contributed by atoms with van der Waals surface area (Å²) in [6.45, 7) is 5.08. The van der Waals surface area contributed by atoms with Gasteiger partial charge in [-0.15, -0.1) is 0 Å². The minimum atomic E-state index is -4.64. The van der Waals surface area contributed by atoms with Crippen molar-refractivity contribution in [2.75, 3.05) is 36.9 Å². The average molecular weight is 524 g/mol. The molecule has 2 aliphatic rings. The van der Waals surface area contributed by atoms with Gasteiger partial charge in [0.1, 0.15) is 23.7 Å². The molecule has 0 spiro atoms. The minimum Gasteiger partial charge on any atom is -0.492 e. The molecule has 1 atom stereocenters. The Bertz CT molecular complexity index is 1470. The number of alkyl halides is 3. The standard InChI is InChI=1S/C26H24F3N7O2/c1-2-22(37)36-8-7-35(13-15(36)5-6-30)25-23-20(33-14-34-25)10-17(16-4-3-9-38-24(16)23)18-12-32-21(31)11-19(18)26(27,28)29/h2,10-12,14-15H,1,3-5,7-9,13H2,(H2,31,32). The van der Waals surface area contributed by atoms with Crippen molar-refractivity contribution in [3.8, 4) is 22.9 Å². The lowest BCUT2D eigenvalue weighted by atomic mass is 9.90. The van der Waals surface area contributed by atoms with Gasteiger partial charge in [0, 0.05) is 37.0 Å². The number of aromatic nitrogens is 3. The van der Waals surface area contributed by atoms with Gasteiger partial charge in [-0.3, -0.25) is 4.79 Å². The predicted molar refractivity (Wildman–Crippen MR) is 134 cm³/mol. The van der Waals surface area contributed by atoms with Gasteiger partial charge in [-0.2, -0.15) is 18.4 Å². The number of ether oxygens (including phenoxy) is 1. The van der Waals surface area contributed by atoms with Gasteiger partial charge in [0.2, 0.25) is 5.91 Å². The number of carbonyl (C=O) groups excluding carboxylic acids is 1. The third kappa shape index (κ3) is 4.44. The normalized spacial score (nSPS) is 17.5. The molecule has 0 radical (unpaired) electrons. The van der Waals surface area contributed by atoms with E-state index in [-0.39, 0.29) is 29.8 Å². The number of anilines is 2. The Morgan fingerprint density at radius 3 is 2.82 bits per heavy atom. The number of rotatable bonds is 4. The van der Waals surface area contributed by atoms with Crippen LogP contribution in [0.1, 0.15) is 24.0 Å². The molecule has 4 heterocycles. The summed E-state index contributed by atoms with van der Waals surface area (Å²) < 4.78 is 48.0. The fraction of sp³-hybridized carbons (Fsp3) is 0.346. The zero-order valence-corrected chi connectivity index (χ0v) is 20.3. The zero-order chi connectivity index (χ0) is 27.0. The maximum Gasteiger partial charge on any atom is 0.417 e. The van der Waals surface area contributed by atoms with Crippen molar-refractivity contribution in [3.63, 3.8) is 0 Å². The van der Waals surface area contributed by atoms with Crippen LogP contribution in [0.5, 0.6) is 5.75 Å². The van der Waals surface area contributed by atoms with Crippen LogP contribution in [0.15, 0.2) is 37.3 Å². The summed E-state index contributed by atoms with van der Waals surface area (Å²) in [7, 11) is 0. The first-order valence-electron chi connectivity index (χ1n) is 12.0. The number of amides is 1. The molecular formula is C26H24F3N7O2. The number of pyridine rings is 1. The molecule has 5 rings (SSSR count). The monoisotopic (exact) mass is 523 g/mol. The summed E-state index contributed by atoms with van der Waals surface area (Å²) in [4.78, 5) is 28.7. The van der Waals surface area contributed by atoms with Gasteiger partial charge in [-0.25, -0.2) is 15.0 Å². The molecule has 0 bridgehead atoms. The van der Waals surface area contributed by atoms with Gasteiger partial charge in [0.15, 0.2) is 0 Å². The third-order valence-electron chi connectivity index (χ3n) is 6.87. The molecule has 2 N–H and O–H groups in total. The number of hydrogen-bond donors (Lipinski definition) is 1. The molecule has 9 nitrogen and oxygen atoms in total. The second-order valence-corrected chi connectivity index (χ2v) is 9.13. The Labute approximate surface area is 216 Å². The van der Waals surface area contributed by atoms with Crippen LogP contribution in [0.3, 0.4) is 0 Å². The Morgan fingerprint density at radius 1 is 1.26 bits per heavy atom. The number of nitrogen functional groups attached to an aromatic ring is 1. The molecule has 2 aromatic heterocycles. The predicted octanol–water partition coefficient (Wildman–Crippen LogP) is 3.73. The quantitative estimate of drug-likeness (QED) is 0.514. The lowest BCUT2D eigenvalue weighted by Crippen LogP contribution is -2.55. The molecule has 196 valence electrons. The highest BCUT2D eigenvalue weighted by atomic mass is 19.4. The zero-order valence-electron chi connectivity index (χ0n) is 20.3. The van der Waals surface area contributed by atoms with Crippen molar-refractivity contribution >= 4 is 28.4 Å². The van der Waals surface area contributed by atoms with E-state index in [1.807, 2.05) is 4.90 Å². The van der Waals surface area contributed by atoms with Crippen LogP contribution >= 0.6 is 0 Å². The molecule has 12 heteroatoms. The Morgan fingerprint density at radius 2 is 2.08 bits per heavy atom. The number of nitrogens with two attached hydrogens (primary N) is 1. The number of benzene rings is 1. The summed E-state index contributed by atoms with van der Waals surface area (Å²) >= 11 is 0. The van der Waals surface area contributed by atoms with Crippen molar-refractivity contribution in [1.82, 2.24) is 19.9 Å².